The lowest BCUT2D eigenvalue weighted by Gasteiger charge is -2.23. The molecule has 1 amide bonds. The number of hydrogen-bond acceptors (Lipinski definition) is 4. The van der Waals surface area contributed by atoms with Gasteiger partial charge in [0.05, 0.1) is 15.6 Å². The first-order valence-electron chi connectivity index (χ1n) is 9.53. The summed E-state index contributed by atoms with van der Waals surface area (Å²) in [6.07, 6.45) is 2.03. The number of carbonyl (C=O) groups is 1. The van der Waals surface area contributed by atoms with Gasteiger partial charge in [0.2, 0.25) is 0 Å². The molecule has 1 N–H and O–H groups in total. The van der Waals surface area contributed by atoms with Crippen LogP contribution in [0.5, 0.6) is 0 Å². The third-order valence-electron chi connectivity index (χ3n) is 5.17. The predicted octanol–water partition coefficient (Wildman–Crippen LogP) is 5.09. The maximum absolute atomic E-state index is 13.4. The highest BCUT2D eigenvalue weighted by Crippen LogP contribution is 2.34. The molecule has 1 atom stereocenters. The van der Waals surface area contributed by atoms with Gasteiger partial charge >= 0.3 is 0 Å². The number of amides is 1. The third kappa shape index (κ3) is 4.13. The number of nitrogens with one attached hydrogen (secondary N) is 1. The summed E-state index contributed by atoms with van der Waals surface area (Å²) in [6, 6.07) is 13.3. The summed E-state index contributed by atoms with van der Waals surface area (Å²) in [7, 11) is -4.00. The average molecular weight is 476 g/mol. The van der Waals surface area contributed by atoms with E-state index >= 15 is 0 Å². The molecule has 0 radical (unpaired) electrons. The first-order chi connectivity index (χ1) is 14.7. The van der Waals surface area contributed by atoms with Crippen molar-refractivity contribution in [3.05, 3.63) is 81.6 Å². The number of hydrogen-bond donors (Lipinski definition) is 1. The molecule has 3 aromatic rings. The van der Waals surface area contributed by atoms with Crippen molar-refractivity contribution in [1.82, 2.24) is 4.98 Å². The van der Waals surface area contributed by atoms with Gasteiger partial charge in [-0.3, -0.25) is 9.52 Å². The van der Waals surface area contributed by atoms with Crippen LogP contribution >= 0.6 is 23.2 Å². The van der Waals surface area contributed by atoms with E-state index in [9.17, 15) is 13.2 Å². The number of benzene rings is 2. The molecule has 9 heteroatoms. The zero-order valence-corrected chi connectivity index (χ0v) is 19.1. The van der Waals surface area contributed by atoms with Gasteiger partial charge in [-0.1, -0.05) is 41.4 Å². The molecule has 0 fully saturated rings. The zero-order valence-electron chi connectivity index (χ0n) is 16.8. The first-order valence-corrected chi connectivity index (χ1v) is 11.8. The molecule has 4 rings (SSSR count). The van der Waals surface area contributed by atoms with Crippen LogP contribution < -0.4 is 9.62 Å². The number of sulfonamides is 1. The lowest BCUT2D eigenvalue weighted by molar-refractivity contribution is 0.0977. The van der Waals surface area contributed by atoms with Gasteiger partial charge < -0.3 is 4.90 Å². The van der Waals surface area contributed by atoms with Crippen molar-refractivity contribution in [2.45, 2.75) is 31.2 Å². The fourth-order valence-electron chi connectivity index (χ4n) is 3.66. The Morgan fingerprint density at radius 2 is 1.90 bits per heavy atom. The van der Waals surface area contributed by atoms with Crippen molar-refractivity contribution in [3.8, 4) is 0 Å². The second kappa shape index (κ2) is 8.15. The van der Waals surface area contributed by atoms with Crippen LogP contribution in [0.1, 0.15) is 28.5 Å². The van der Waals surface area contributed by atoms with E-state index < -0.39 is 15.9 Å². The molecule has 0 bridgehead atoms. The summed E-state index contributed by atoms with van der Waals surface area (Å²) >= 11 is 12.1. The highest BCUT2D eigenvalue weighted by molar-refractivity contribution is 7.92. The summed E-state index contributed by atoms with van der Waals surface area (Å²) in [5, 5.41) is 0.664. The van der Waals surface area contributed by atoms with Crippen LogP contribution in [-0.4, -0.2) is 25.4 Å². The molecule has 0 spiro atoms. The molecule has 2 aromatic carbocycles. The Labute approximate surface area is 190 Å². The number of pyridine rings is 1. The van der Waals surface area contributed by atoms with Crippen molar-refractivity contribution < 1.29 is 13.2 Å². The van der Waals surface area contributed by atoms with Crippen molar-refractivity contribution in [3.63, 3.8) is 0 Å². The quantitative estimate of drug-likeness (QED) is 0.569. The molecule has 1 unspecified atom stereocenters. The van der Waals surface area contributed by atoms with Gasteiger partial charge in [0.25, 0.3) is 15.9 Å². The van der Waals surface area contributed by atoms with Crippen molar-refractivity contribution in [2.24, 2.45) is 0 Å². The standard InChI is InChI=1S/C22H19Cl2N3O3S/c1-13-9-17(7-8-18(13)24)31(29,30)26-19-11-16(23)12-25-21(19)22(28)27-14(2)10-15-5-3-4-6-20(15)27/h3-9,11-12,14,26H,10H2,1-2H3. The number of halogens is 2. The minimum absolute atomic E-state index is 0.0154. The average Bonchev–Trinajstić information content (AvgIpc) is 3.05. The third-order valence-corrected chi connectivity index (χ3v) is 7.16. The number of aryl methyl sites for hydroxylation is 1. The Kier molecular flexibility index (Phi) is 5.68. The molecule has 1 aliphatic rings. The van der Waals surface area contributed by atoms with Crippen LogP contribution in [0.3, 0.4) is 0 Å². The second-order valence-electron chi connectivity index (χ2n) is 7.42. The van der Waals surface area contributed by atoms with Gasteiger partial charge in [-0.2, -0.15) is 0 Å². The van der Waals surface area contributed by atoms with Gasteiger partial charge in [-0.05, 0) is 61.7 Å². The number of aromatic nitrogens is 1. The summed E-state index contributed by atoms with van der Waals surface area (Å²) in [6.45, 7) is 3.65. The van der Waals surface area contributed by atoms with Crippen molar-refractivity contribution in [2.75, 3.05) is 9.62 Å². The lowest BCUT2D eigenvalue weighted by Crippen LogP contribution is -2.36. The monoisotopic (exact) mass is 475 g/mol. The Morgan fingerprint density at radius 3 is 2.65 bits per heavy atom. The van der Waals surface area contributed by atoms with Crippen LogP contribution in [0.25, 0.3) is 0 Å². The molecule has 1 aromatic heterocycles. The van der Waals surface area contributed by atoms with Gasteiger partial charge in [0, 0.05) is 22.9 Å². The second-order valence-corrected chi connectivity index (χ2v) is 9.95. The lowest BCUT2D eigenvalue weighted by atomic mass is 10.1. The maximum Gasteiger partial charge on any atom is 0.279 e. The maximum atomic E-state index is 13.4. The Bertz CT molecular complexity index is 1290. The molecule has 1 aliphatic heterocycles. The summed E-state index contributed by atoms with van der Waals surface area (Å²) < 4.78 is 28.4. The van der Waals surface area contributed by atoms with E-state index in [0.717, 1.165) is 11.3 Å². The van der Waals surface area contributed by atoms with E-state index in [2.05, 4.69) is 9.71 Å². The number of anilines is 2. The van der Waals surface area contributed by atoms with E-state index in [1.54, 1.807) is 11.8 Å². The van der Waals surface area contributed by atoms with Crippen molar-refractivity contribution >= 4 is 50.5 Å². The zero-order chi connectivity index (χ0) is 22.3. The minimum Gasteiger partial charge on any atom is -0.304 e. The van der Waals surface area contributed by atoms with Crippen LogP contribution in [0.4, 0.5) is 11.4 Å². The topological polar surface area (TPSA) is 79.4 Å². The number of rotatable bonds is 4. The van der Waals surface area contributed by atoms with Crippen molar-refractivity contribution in [1.29, 1.82) is 0 Å². The molecule has 0 aliphatic carbocycles. The molecule has 160 valence electrons. The Balaban J connectivity index is 1.73. The van der Waals surface area contributed by atoms with E-state index in [1.807, 2.05) is 31.2 Å². The van der Waals surface area contributed by atoms with Gasteiger partial charge in [-0.25, -0.2) is 13.4 Å². The van der Waals surface area contributed by atoms with E-state index in [4.69, 9.17) is 23.2 Å². The molecule has 6 nitrogen and oxygen atoms in total. The molecule has 31 heavy (non-hydrogen) atoms. The number of nitrogens with zero attached hydrogens (tertiary/aromatic N) is 2. The largest absolute Gasteiger partial charge is 0.304 e. The van der Waals surface area contributed by atoms with E-state index in [1.165, 1.54) is 30.5 Å². The summed E-state index contributed by atoms with van der Waals surface area (Å²) in [4.78, 5) is 19.3. The van der Waals surface area contributed by atoms with Crippen LogP contribution in [-0.2, 0) is 16.4 Å². The normalized spacial score (nSPS) is 15.6. The molecular weight excluding hydrogens is 457 g/mol. The number of fused-ring (bicyclic) bond motifs is 1. The molecule has 0 saturated carbocycles. The first kappa shape index (κ1) is 21.6. The number of carbonyl (C=O) groups excluding carboxylic acids is 1. The minimum atomic E-state index is -4.00. The van der Waals surface area contributed by atoms with E-state index in [-0.39, 0.29) is 27.3 Å². The highest BCUT2D eigenvalue weighted by atomic mass is 35.5. The summed E-state index contributed by atoms with van der Waals surface area (Å²) in [5.74, 6) is -0.404. The number of para-hydroxylation sites is 1. The van der Waals surface area contributed by atoms with Crippen LogP contribution in [0.2, 0.25) is 10.0 Å². The predicted molar refractivity (Wildman–Crippen MR) is 123 cm³/mol. The molecule has 2 heterocycles. The van der Waals surface area contributed by atoms with Crippen LogP contribution in [0, 0.1) is 6.92 Å². The Hall–Kier alpha value is -2.61. The fraction of sp³-hybridized carbons (Fsp3) is 0.182. The smallest absolute Gasteiger partial charge is 0.279 e. The van der Waals surface area contributed by atoms with Gasteiger partial charge in [-0.15, -0.1) is 0 Å². The summed E-state index contributed by atoms with van der Waals surface area (Å²) in [5.41, 5.74) is 2.45. The Morgan fingerprint density at radius 1 is 1.16 bits per heavy atom. The van der Waals surface area contributed by atoms with E-state index in [0.29, 0.717) is 17.0 Å². The van der Waals surface area contributed by atoms with Crippen LogP contribution in [0.15, 0.2) is 59.6 Å². The van der Waals surface area contributed by atoms with Gasteiger partial charge in [0.15, 0.2) is 5.69 Å². The SMILES string of the molecule is Cc1cc(S(=O)(=O)Nc2cc(Cl)cnc2C(=O)N2c3ccccc3CC2C)ccc1Cl. The molecular formula is C22H19Cl2N3O3S. The fourth-order valence-corrected chi connectivity index (χ4v) is 5.08. The highest BCUT2D eigenvalue weighted by Gasteiger charge is 2.33. The van der Waals surface area contributed by atoms with Gasteiger partial charge in [0.1, 0.15) is 0 Å². The molecule has 0 saturated heterocycles.